The van der Waals surface area contributed by atoms with Crippen LogP contribution in [0.3, 0.4) is 0 Å². The van der Waals surface area contributed by atoms with Crippen molar-refractivity contribution in [2.75, 3.05) is 7.05 Å². The first-order valence-electron chi connectivity index (χ1n) is 4.63. The summed E-state index contributed by atoms with van der Waals surface area (Å²) >= 11 is 0. The van der Waals surface area contributed by atoms with Crippen LogP contribution < -0.4 is 5.32 Å². The first-order chi connectivity index (χ1) is 7.15. The number of Topliss-reactive ketones (excluding diaryl/α,β-unsaturated/α-hetero) is 1. The van der Waals surface area contributed by atoms with E-state index in [1.165, 1.54) is 0 Å². The van der Waals surface area contributed by atoms with Gasteiger partial charge in [-0.15, -0.1) is 0 Å². The van der Waals surface area contributed by atoms with Crippen LogP contribution in [0.4, 0.5) is 0 Å². The van der Waals surface area contributed by atoms with Crippen LogP contribution in [0.1, 0.15) is 16.8 Å². The Morgan fingerprint density at radius 3 is 2.40 bits per heavy atom. The molecule has 0 aliphatic heterocycles. The summed E-state index contributed by atoms with van der Waals surface area (Å²) in [5.74, 6) is -1.18. The molecule has 1 atom stereocenters. The number of carbonyl (C=O) groups is 2. The Morgan fingerprint density at radius 1 is 1.33 bits per heavy atom. The number of carboxylic acid groups (broad SMARTS) is 1. The number of ketones is 1. The molecule has 0 heterocycles. The summed E-state index contributed by atoms with van der Waals surface area (Å²) in [6.45, 7) is 0. The lowest BCUT2D eigenvalue weighted by atomic mass is 10.0. The van der Waals surface area contributed by atoms with E-state index < -0.39 is 12.0 Å². The van der Waals surface area contributed by atoms with E-state index in [0.29, 0.717) is 5.56 Å². The van der Waals surface area contributed by atoms with Gasteiger partial charge in [-0.2, -0.15) is 0 Å². The molecule has 0 spiro atoms. The monoisotopic (exact) mass is 207 g/mol. The fourth-order valence-electron chi connectivity index (χ4n) is 1.30. The Hall–Kier alpha value is -1.68. The molecule has 0 radical (unpaired) electrons. The molecule has 4 heteroatoms. The number of benzene rings is 1. The van der Waals surface area contributed by atoms with Crippen molar-refractivity contribution in [3.8, 4) is 0 Å². The van der Waals surface area contributed by atoms with Gasteiger partial charge in [0.1, 0.15) is 0 Å². The summed E-state index contributed by atoms with van der Waals surface area (Å²) in [6, 6.07) is 8.00. The molecule has 0 aliphatic carbocycles. The number of nitrogens with one attached hydrogen (secondary N) is 1. The second-order valence-electron chi connectivity index (χ2n) is 3.17. The maximum Gasteiger partial charge on any atom is 0.305 e. The summed E-state index contributed by atoms with van der Waals surface area (Å²) < 4.78 is 0. The minimum atomic E-state index is -0.987. The van der Waals surface area contributed by atoms with Gasteiger partial charge in [0, 0.05) is 5.56 Å². The molecule has 0 aromatic heterocycles. The van der Waals surface area contributed by atoms with E-state index in [4.69, 9.17) is 5.11 Å². The van der Waals surface area contributed by atoms with Crippen LogP contribution in [0.25, 0.3) is 0 Å². The SMILES string of the molecule is CNC(CC(=O)O)C(=O)c1ccccc1. The number of rotatable bonds is 5. The van der Waals surface area contributed by atoms with Gasteiger partial charge < -0.3 is 10.4 Å². The molecular formula is C11H13NO3. The topological polar surface area (TPSA) is 66.4 Å². The highest BCUT2D eigenvalue weighted by Crippen LogP contribution is 2.05. The standard InChI is InChI=1S/C11H13NO3/c1-12-9(7-10(13)14)11(15)8-5-3-2-4-6-8/h2-6,9,12H,7H2,1H3,(H,13,14). The third-order valence-corrected chi connectivity index (χ3v) is 2.10. The minimum absolute atomic E-state index is 0.194. The van der Waals surface area contributed by atoms with E-state index in [1.54, 1.807) is 31.3 Å². The molecule has 2 N–H and O–H groups in total. The molecule has 1 aromatic carbocycles. The lowest BCUT2D eigenvalue weighted by Crippen LogP contribution is -2.36. The number of carboxylic acids is 1. The van der Waals surface area contributed by atoms with Gasteiger partial charge in [0.2, 0.25) is 0 Å². The van der Waals surface area contributed by atoms with Crippen molar-refractivity contribution < 1.29 is 14.7 Å². The molecule has 0 saturated heterocycles. The molecule has 1 rings (SSSR count). The van der Waals surface area contributed by atoms with Crippen LogP contribution in [-0.2, 0) is 4.79 Å². The highest BCUT2D eigenvalue weighted by molar-refractivity contribution is 6.01. The molecule has 1 aromatic rings. The third-order valence-electron chi connectivity index (χ3n) is 2.10. The van der Waals surface area contributed by atoms with Gasteiger partial charge >= 0.3 is 5.97 Å². The van der Waals surface area contributed by atoms with E-state index in [-0.39, 0.29) is 12.2 Å². The number of hydrogen-bond acceptors (Lipinski definition) is 3. The molecular weight excluding hydrogens is 194 g/mol. The van der Waals surface area contributed by atoms with Crippen molar-refractivity contribution in [3.05, 3.63) is 35.9 Å². The quantitative estimate of drug-likeness (QED) is 0.705. The Bertz CT molecular complexity index is 348. The maximum absolute atomic E-state index is 11.8. The Balaban J connectivity index is 2.78. The van der Waals surface area contributed by atoms with Gasteiger partial charge in [-0.1, -0.05) is 30.3 Å². The van der Waals surface area contributed by atoms with Crippen LogP contribution in [0.2, 0.25) is 0 Å². The lowest BCUT2D eigenvalue weighted by Gasteiger charge is -2.12. The van der Waals surface area contributed by atoms with Gasteiger partial charge in [0.05, 0.1) is 12.5 Å². The Kier molecular flexibility index (Phi) is 4.00. The van der Waals surface area contributed by atoms with Crippen LogP contribution >= 0.6 is 0 Å². The van der Waals surface area contributed by atoms with E-state index in [2.05, 4.69) is 5.32 Å². The average Bonchev–Trinajstić information content (AvgIpc) is 2.26. The van der Waals surface area contributed by atoms with Crippen molar-refractivity contribution >= 4 is 11.8 Å². The molecule has 0 aliphatic rings. The van der Waals surface area contributed by atoms with Gasteiger partial charge in [0.15, 0.2) is 5.78 Å². The van der Waals surface area contributed by atoms with Crippen molar-refractivity contribution in [1.82, 2.24) is 5.32 Å². The number of likely N-dealkylation sites (N-methyl/N-ethyl adjacent to an activating group) is 1. The molecule has 0 bridgehead atoms. The summed E-state index contributed by atoms with van der Waals surface area (Å²) in [5, 5.41) is 11.3. The largest absolute Gasteiger partial charge is 0.481 e. The maximum atomic E-state index is 11.8. The van der Waals surface area contributed by atoms with Crippen LogP contribution in [0.5, 0.6) is 0 Å². The van der Waals surface area contributed by atoms with Crippen LogP contribution in [-0.4, -0.2) is 29.9 Å². The highest BCUT2D eigenvalue weighted by Gasteiger charge is 2.20. The summed E-state index contributed by atoms with van der Waals surface area (Å²) in [7, 11) is 1.58. The number of hydrogen-bond donors (Lipinski definition) is 2. The van der Waals surface area contributed by atoms with Crippen molar-refractivity contribution in [3.63, 3.8) is 0 Å². The summed E-state index contributed by atoms with van der Waals surface area (Å²) in [4.78, 5) is 22.3. The van der Waals surface area contributed by atoms with E-state index in [9.17, 15) is 9.59 Å². The fourth-order valence-corrected chi connectivity index (χ4v) is 1.30. The zero-order chi connectivity index (χ0) is 11.3. The molecule has 0 saturated carbocycles. The zero-order valence-electron chi connectivity index (χ0n) is 8.43. The first kappa shape index (κ1) is 11.4. The molecule has 15 heavy (non-hydrogen) atoms. The fraction of sp³-hybridized carbons (Fsp3) is 0.273. The molecule has 4 nitrogen and oxygen atoms in total. The van der Waals surface area contributed by atoms with E-state index in [1.807, 2.05) is 6.07 Å². The smallest absolute Gasteiger partial charge is 0.305 e. The van der Waals surface area contributed by atoms with Gasteiger partial charge in [-0.25, -0.2) is 0 Å². The van der Waals surface area contributed by atoms with Crippen molar-refractivity contribution in [2.24, 2.45) is 0 Å². The van der Waals surface area contributed by atoms with E-state index in [0.717, 1.165) is 0 Å². The minimum Gasteiger partial charge on any atom is -0.481 e. The van der Waals surface area contributed by atoms with Crippen molar-refractivity contribution in [1.29, 1.82) is 0 Å². The summed E-state index contributed by atoms with van der Waals surface area (Å²) in [6.07, 6.45) is -0.204. The van der Waals surface area contributed by atoms with Gasteiger partial charge in [0.25, 0.3) is 0 Å². The van der Waals surface area contributed by atoms with Crippen molar-refractivity contribution in [2.45, 2.75) is 12.5 Å². The number of carbonyl (C=O) groups excluding carboxylic acids is 1. The number of aliphatic carboxylic acids is 1. The predicted octanol–water partition coefficient (Wildman–Crippen LogP) is 0.932. The van der Waals surface area contributed by atoms with Crippen LogP contribution in [0.15, 0.2) is 30.3 Å². The van der Waals surface area contributed by atoms with Gasteiger partial charge in [-0.3, -0.25) is 9.59 Å². The second kappa shape index (κ2) is 5.26. The molecule has 80 valence electrons. The molecule has 0 fully saturated rings. The van der Waals surface area contributed by atoms with E-state index >= 15 is 0 Å². The molecule has 0 amide bonds. The summed E-state index contributed by atoms with van der Waals surface area (Å²) in [5.41, 5.74) is 0.526. The zero-order valence-corrected chi connectivity index (χ0v) is 8.43. The molecule has 1 unspecified atom stereocenters. The third kappa shape index (κ3) is 3.18. The van der Waals surface area contributed by atoms with Gasteiger partial charge in [-0.05, 0) is 7.05 Å². The average molecular weight is 207 g/mol. The van der Waals surface area contributed by atoms with Crippen LogP contribution in [0, 0.1) is 0 Å². The normalized spacial score (nSPS) is 12.1. The Morgan fingerprint density at radius 2 is 1.93 bits per heavy atom. The lowest BCUT2D eigenvalue weighted by molar-refractivity contribution is -0.137. The highest BCUT2D eigenvalue weighted by atomic mass is 16.4. The Labute approximate surface area is 87.9 Å². The second-order valence-corrected chi connectivity index (χ2v) is 3.17. The first-order valence-corrected chi connectivity index (χ1v) is 4.63. The predicted molar refractivity (Wildman–Crippen MR) is 55.9 cm³/mol.